The van der Waals surface area contributed by atoms with Crippen molar-refractivity contribution < 1.29 is 19.5 Å². The van der Waals surface area contributed by atoms with Gasteiger partial charge in [0.2, 0.25) is 0 Å². The lowest BCUT2D eigenvalue weighted by molar-refractivity contribution is -0.172. The average Bonchev–Trinajstić information content (AvgIpc) is 3.12. The van der Waals surface area contributed by atoms with Gasteiger partial charge in [-0.3, -0.25) is 4.79 Å². The maximum absolute atomic E-state index is 13.3. The van der Waals surface area contributed by atoms with Crippen molar-refractivity contribution >= 4 is 23.1 Å². The van der Waals surface area contributed by atoms with Crippen LogP contribution < -0.4 is 5.56 Å². The summed E-state index contributed by atoms with van der Waals surface area (Å²) in [4.78, 5) is 36.0. The summed E-state index contributed by atoms with van der Waals surface area (Å²) < 4.78 is 6.75. The van der Waals surface area contributed by atoms with Gasteiger partial charge in [-0.1, -0.05) is 30.3 Å². The quantitative estimate of drug-likeness (QED) is 0.294. The molecule has 0 fully saturated rings. The molecular formula is C25H25N3O5. The van der Waals surface area contributed by atoms with Crippen LogP contribution in [0.3, 0.4) is 0 Å². The molecule has 2 aliphatic heterocycles. The average molecular weight is 447 g/mol. The van der Waals surface area contributed by atoms with Crippen molar-refractivity contribution in [2.24, 2.45) is 5.16 Å². The van der Waals surface area contributed by atoms with Crippen molar-refractivity contribution in [2.45, 2.75) is 58.5 Å². The Bertz CT molecular complexity index is 1400. The first-order chi connectivity index (χ1) is 15.6. The lowest BCUT2D eigenvalue weighted by Crippen LogP contribution is -2.44. The molecule has 0 spiro atoms. The molecule has 0 unspecified atom stereocenters. The molecule has 0 bridgehead atoms. The van der Waals surface area contributed by atoms with Crippen LogP contribution in [0.15, 0.2) is 40.3 Å². The molecule has 0 aliphatic carbocycles. The molecule has 2 aromatic heterocycles. The number of cyclic esters (lactones) is 1. The fourth-order valence-electron chi connectivity index (χ4n) is 4.38. The van der Waals surface area contributed by atoms with E-state index in [4.69, 9.17) is 14.6 Å². The van der Waals surface area contributed by atoms with Gasteiger partial charge in [0, 0.05) is 22.1 Å². The molecule has 170 valence electrons. The predicted octanol–water partition coefficient (Wildman–Crippen LogP) is 3.23. The molecule has 1 atom stereocenters. The number of hydrogen-bond donors (Lipinski definition) is 1. The van der Waals surface area contributed by atoms with Gasteiger partial charge in [-0.05, 0) is 39.3 Å². The number of para-hydroxylation sites is 1. The number of rotatable bonds is 3. The SMILES string of the molecule is CC[C@@]1(O)C(=O)OCc2c1cc1n(c2=O)Cc2cc3cccc(/C=N\OC(C)(C)C)c3nc2-1. The van der Waals surface area contributed by atoms with Crippen LogP contribution in [-0.2, 0) is 33.1 Å². The second-order valence-electron chi connectivity index (χ2n) is 9.46. The van der Waals surface area contributed by atoms with Crippen LogP contribution in [0, 0.1) is 0 Å². The van der Waals surface area contributed by atoms with Crippen molar-refractivity contribution in [3.63, 3.8) is 0 Å². The molecule has 0 amide bonds. The Balaban J connectivity index is 1.68. The number of aliphatic hydroxyl groups is 1. The number of esters is 1. The fraction of sp³-hybridized carbons (Fsp3) is 0.360. The highest BCUT2D eigenvalue weighted by Gasteiger charge is 2.45. The van der Waals surface area contributed by atoms with Crippen LogP contribution in [0.25, 0.3) is 22.3 Å². The number of benzene rings is 1. The van der Waals surface area contributed by atoms with Gasteiger partial charge in [0.1, 0.15) is 12.2 Å². The van der Waals surface area contributed by atoms with Crippen molar-refractivity contribution in [1.82, 2.24) is 9.55 Å². The van der Waals surface area contributed by atoms with Crippen LogP contribution >= 0.6 is 0 Å². The third-order valence-electron chi connectivity index (χ3n) is 6.09. The number of fused-ring (bicyclic) bond motifs is 5. The zero-order valence-corrected chi connectivity index (χ0v) is 19.0. The summed E-state index contributed by atoms with van der Waals surface area (Å²) in [6.07, 6.45) is 1.74. The van der Waals surface area contributed by atoms with E-state index in [9.17, 15) is 14.7 Å². The van der Waals surface area contributed by atoms with E-state index in [0.717, 1.165) is 22.0 Å². The molecule has 33 heavy (non-hydrogen) atoms. The fourth-order valence-corrected chi connectivity index (χ4v) is 4.38. The number of ether oxygens (including phenoxy) is 1. The molecule has 5 rings (SSSR count). The molecule has 0 radical (unpaired) electrons. The molecule has 0 saturated carbocycles. The van der Waals surface area contributed by atoms with Crippen molar-refractivity contribution in [3.8, 4) is 11.4 Å². The van der Waals surface area contributed by atoms with Gasteiger partial charge in [0.05, 0.1) is 35.2 Å². The summed E-state index contributed by atoms with van der Waals surface area (Å²) in [5.41, 5.74) is 1.72. The molecule has 8 nitrogen and oxygen atoms in total. The highest BCUT2D eigenvalue weighted by molar-refractivity contribution is 5.98. The largest absolute Gasteiger partial charge is 0.458 e. The molecule has 8 heteroatoms. The van der Waals surface area contributed by atoms with Crippen molar-refractivity contribution in [1.29, 1.82) is 0 Å². The molecule has 4 heterocycles. The van der Waals surface area contributed by atoms with Gasteiger partial charge >= 0.3 is 5.97 Å². The van der Waals surface area contributed by atoms with Crippen molar-refractivity contribution in [2.75, 3.05) is 0 Å². The Kier molecular flexibility index (Phi) is 4.68. The second kappa shape index (κ2) is 7.25. The van der Waals surface area contributed by atoms with Gasteiger partial charge in [0.25, 0.3) is 5.56 Å². The predicted molar refractivity (Wildman–Crippen MR) is 123 cm³/mol. The van der Waals surface area contributed by atoms with Crippen LogP contribution in [0.5, 0.6) is 0 Å². The first-order valence-electron chi connectivity index (χ1n) is 10.9. The van der Waals surface area contributed by atoms with Gasteiger partial charge in [-0.15, -0.1) is 0 Å². The summed E-state index contributed by atoms with van der Waals surface area (Å²) in [5.74, 6) is -0.733. The van der Waals surface area contributed by atoms with Crippen LogP contribution in [0.4, 0.5) is 0 Å². The molecule has 2 aliphatic rings. The molecule has 1 aromatic carbocycles. The minimum atomic E-state index is -1.84. The number of oxime groups is 1. The van der Waals surface area contributed by atoms with E-state index in [1.54, 1.807) is 23.8 Å². The monoisotopic (exact) mass is 447 g/mol. The maximum atomic E-state index is 13.3. The number of aromatic nitrogens is 2. The Labute approximate surface area is 190 Å². The molecular weight excluding hydrogens is 422 g/mol. The Morgan fingerprint density at radius 1 is 1.30 bits per heavy atom. The zero-order valence-electron chi connectivity index (χ0n) is 19.0. The van der Waals surface area contributed by atoms with E-state index < -0.39 is 17.2 Å². The van der Waals surface area contributed by atoms with Crippen molar-refractivity contribution in [3.05, 3.63) is 62.9 Å². The number of carbonyl (C=O) groups is 1. The van der Waals surface area contributed by atoms with E-state index in [2.05, 4.69) is 5.16 Å². The third kappa shape index (κ3) is 3.33. The lowest BCUT2D eigenvalue weighted by Gasteiger charge is -2.31. The number of pyridine rings is 2. The number of hydrogen-bond acceptors (Lipinski definition) is 7. The second-order valence-corrected chi connectivity index (χ2v) is 9.46. The lowest BCUT2D eigenvalue weighted by atomic mass is 9.86. The van der Waals surface area contributed by atoms with E-state index in [0.29, 0.717) is 29.1 Å². The standard InChI is InChI=1S/C25H25N3O5/c1-5-25(31)18-10-19-21-16(12-28(19)22(29)17(18)13-32-23(25)30)9-14-7-6-8-15(20(14)27-21)11-26-33-24(2,3)4/h6-11,31H,5,12-13H2,1-4H3/b26-11-/t25-/m0/s1. The minimum Gasteiger partial charge on any atom is -0.458 e. The summed E-state index contributed by atoms with van der Waals surface area (Å²) in [6, 6.07) is 9.51. The van der Waals surface area contributed by atoms with Gasteiger partial charge in [0.15, 0.2) is 5.60 Å². The highest BCUT2D eigenvalue weighted by atomic mass is 16.6. The van der Waals surface area contributed by atoms with Gasteiger partial charge in [-0.25, -0.2) is 9.78 Å². The smallest absolute Gasteiger partial charge is 0.343 e. The van der Waals surface area contributed by atoms with E-state index in [1.165, 1.54) is 0 Å². The minimum absolute atomic E-state index is 0.105. The molecule has 0 saturated heterocycles. The van der Waals surface area contributed by atoms with Crippen LogP contribution in [-0.4, -0.2) is 32.4 Å². The van der Waals surface area contributed by atoms with Gasteiger partial charge < -0.3 is 19.2 Å². The third-order valence-corrected chi connectivity index (χ3v) is 6.09. The number of carbonyl (C=O) groups excluding carboxylic acids is 1. The zero-order chi connectivity index (χ0) is 23.5. The summed E-state index contributed by atoms with van der Waals surface area (Å²) in [7, 11) is 0. The first kappa shape index (κ1) is 21.3. The van der Waals surface area contributed by atoms with E-state index in [1.807, 2.05) is 45.0 Å². The normalized spacial score (nSPS) is 19.4. The highest BCUT2D eigenvalue weighted by Crippen LogP contribution is 2.38. The van der Waals surface area contributed by atoms with Crippen LogP contribution in [0.2, 0.25) is 0 Å². The topological polar surface area (TPSA) is 103 Å². The van der Waals surface area contributed by atoms with E-state index in [-0.39, 0.29) is 18.6 Å². The summed E-state index contributed by atoms with van der Waals surface area (Å²) in [5, 5.41) is 16.0. The first-order valence-corrected chi connectivity index (χ1v) is 10.9. The molecule has 1 N–H and O–H groups in total. The van der Waals surface area contributed by atoms with Gasteiger partial charge in [-0.2, -0.15) is 0 Å². The van der Waals surface area contributed by atoms with E-state index >= 15 is 0 Å². The number of nitrogens with zero attached hydrogens (tertiary/aromatic N) is 3. The molecule has 3 aromatic rings. The Hall–Kier alpha value is -3.52. The Morgan fingerprint density at radius 3 is 2.82 bits per heavy atom. The van der Waals surface area contributed by atoms with Crippen LogP contribution in [0.1, 0.15) is 56.4 Å². The summed E-state index contributed by atoms with van der Waals surface area (Å²) >= 11 is 0. The maximum Gasteiger partial charge on any atom is 0.343 e. The summed E-state index contributed by atoms with van der Waals surface area (Å²) in [6.45, 7) is 7.66. The Morgan fingerprint density at radius 2 is 2.09 bits per heavy atom.